The second-order valence-electron chi connectivity index (χ2n) is 5.70. The Morgan fingerprint density at radius 2 is 1.85 bits per heavy atom. The fourth-order valence-electron chi connectivity index (χ4n) is 3.53. The van der Waals surface area contributed by atoms with Crippen LogP contribution in [-0.4, -0.2) is 29.3 Å². The second-order valence-corrected chi connectivity index (χ2v) is 5.70. The molecule has 0 radical (unpaired) electrons. The van der Waals surface area contributed by atoms with Gasteiger partial charge in [-0.1, -0.05) is 26.7 Å². The average Bonchev–Trinajstić information content (AvgIpc) is 2.93. The lowest BCUT2D eigenvalue weighted by Crippen LogP contribution is -2.52. The summed E-state index contributed by atoms with van der Waals surface area (Å²) in [7, 11) is 0. The number of hydrogen-bond acceptors (Lipinski definition) is 2. The summed E-state index contributed by atoms with van der Waals surface area (Å²) in [6.45, 7) is 7.68. The Morgan fingerprint density at radius 3 is 2.35 bits per heavy atom. The summed E-state index contributed by atoms with van der Waals surface area (Å²) < 4.78 is 13.4. The summed E-state index contributed by atoms with van der Waals surface area (Å²) in [4.78, 5) is 15.3. The minimum absolute atomic E-state index is 0.168. The van der Waals surface area contributed by atoms with Crippen LogP contribution in [-0.2, 0) is 0 Å². The molecule has 0 aliphatic heterocycles. The molecule has 0 aromatic heterocycles. The highest BCUT2D eigenvalue weighted by atomic mass is 19.1. The van der Waals surface area contributed by atoms with Crippen molar-refractivity contribution in [3.8, 4) is 0 Å². The van der Waals surface area contributed by atoms with Crippen molar-refractivity contribution in [1.29, 1.82) is 0 Å². The Morgan fingerprint density at radius 1 is 1.25 bits per heavy atom. The highest BCUT2D eigenvalue weighted by molar-refractivity contribution is 6.03. The standard InChI is InChI=1S/C17H24FNO/c1-4-19(5-2)17(10-6-7-11-17)16(20)14-8-9-15(18)13(3)12-14/h8-9,12H,4-7,10-11H2,1-3H3. The molecule has 0 atom stereocenters. The van der Waals surface area contributed by atoms with Gasteiger partial charge in [0.15, 0.2) is 5.78 Å². The molecule has 0 heterocycles. The van der Waals surface area contributed by atoms with Crippen LogP contribution in [0.2, 0.25) is 0 Å². The average molecular weight is 277 g/mol. The van der Waals surface area contributed by atoms with Crippen LogP contribution in [0.3, 0.4) is 0 Å². The smallest absolute Gasteiger partial charge is 0.183 e. The van der Waals surface area contributed by atoms with Crippen LogP contribution in [0.1, 0.15) is 55.5 Å². The lowest BCUT2D eigenvalue weighted by molar-refractivity contribution is 0.0584. The van der Waals surface area contributed by atoms with Gasteiger partial charge in [-0.15, -0.1) is 0 Å². The van der Waals surface area contributed by atoms with Gasteiger partial charge in [-0.05, 0) is 56.6 Å². The topological polar surface area (TPSA) is 20.3 Å². The van der Waals surface area contributed by atoms with E-state index in [1.807, 2.05) is 0 Å². The maximum atomic E-state index is 13.4. The molecule has 1 saturated carbocycles. The van der Waals surface area contributed by atoms with Crippen LogP contribution in [0.5, 0.6) is 0 Å². The molecule has 0 amide bonds. The molecular weight excluding hydrogens is 253 g/mol. The third-order valence-corrected chi connectivity index (χ3v) is 4.64. The van der Waals surface area contributed by atoms with E-state index in [1.54, 1.807) is 19.1 Å². The lowest BCUT2D eigenvalue weighted by Gasteiger charge is -2.39. The van der Waals surface area contributed by atoms with Gasteiger partial charge in [0.1, 0.15) is 5.82 Å². The van der Waals surface area contributed by atoms with Crippen molar-refractivity contribution in [2.45, 2.75) is 52.0 Å². The van der Waals surface area contributed by atoms with E-state index in [0.29, 0.717) is 11.1 Å². The van der Waals surface area contributed by atoms with Gasteiger partial charge in [0.25, 0.3) is 0 Å². The quantitative estimate of drug-likeness (QED) is 0.759. The molecule has 1 aromatic rings. The summed E-state index contributed by atoms with van der Waals surface area (Å²) in [6, 6.07) is 4.74. The highest BCUT2D eigenvalue weighted by Gasteiger charge is 2.45. The zero-order valence-electron chi connectivity index (χ0n) is 12.7. The van der Waals surface area contributed by atoms with Crippen LogP contribution >= 0.6 is 0 Å². The third-order valence-electron chi connectivity index (χ3n) is 4.64. The Hall–Kier alpha value is -1.22. The first-order chi connectivity index (χ1) is 9.55. The van der Waals surface area contributed by atoms with Gasteiger partial charge < -0.3 is 0 Å². The maximum Gasteiger partial charge on any atom is 0.183 e. The molecule has 3 heteroatoms. The first-order valence-electron chi connectivity index (χ1n) is 7.61. The number of carbonyl (C=O) groups excluding carboxylic acids is 1. The second kappa shape index (κ2) is 6.04. The number of Topliss-reactive ketones (excluding diaryl/α,β-unsaturated/α-hetero) is 1. The fourth-order valence-corrected chi connectivity index (χ4v) is 3.53. The Balaban J connectivity index is 2.38. The van der Waals surface area contributed by atoms with E-state index < -0.39 is 0 Å². The van der Waals surface area contributed by atoms with Crippen molar-refractivity contribution in [2.75, 3.05) is 13.1 Å². The van der Waals surface area contributed by atoms with Gasteiger partial charge in [0.05, 0.1) is 5.54 Å². The molecule has 1 fully saturated rings. The number of rotatable bonds is 5. The van der Waals surface area contributed by atoms with Crippen LogP contribution in [0, 0.1) is 12.7 Å². The molecule has 0 unspecified atom stereocenters. The predicted octanol–water partition coefficient (Wildman–Crippen LogP) is 3.97. The number of nitrogens with zero attached hydrogens (tertiary/aromatic N) is 1. The van der Waals surface area contributed by atoms with Crippen molar-refractivity contribution in [2.24, 2.45) is 0 Å². The molecule has 2 rings (SSSR count). The van der Waals surface area contributed by atoms with Gasteiger partial charge >= 0.3 is 0 Å². The predicted molar refractivity (Wildman–Crippen MR) is 79.6 cm³/mol. The summed E-state index contributed by atoms with van der Waals surface area (Å²) in [6.07, 6.45) is 4.04. The lowest BCUT2D eigenvalue weighted by atomic mass is 9.85. The molecule has 1 aliphatic carbocycles. The van der Waals surface area contributed by atoms with E-state index in [4.69, 9.17) is 0 Å². The SMILES string of the molecule is CCN(CC)C1(C(=O)c2ccc(F)c(C)c2)CCCC1. The molecule has 1 aliphatic rings. The van der Waals surface area contributed by atoms with Gasteiger partial charge in [-0.25, -0.2) is 4.39 Å². The van der Waals surface area contributed by atoms with E-state index in [2.05, 4.69) is 18.7 Å². The Labute approximate surface area is 121 Å². The summed E-state index contributed by atoms with van der Waals surface area (Å²) in [5.74, 6) is -0.0772. The first kappa shape index (κ1) is 15.2. The minimum Gasteiger partial charge on any atom is -0.292 e. The summed E-state index contributed by atoms with van der Waals surface area (Å²) >= 11 is 0. The number of benzene rings is 1. The van der Waals surface area contributed by atoms with Crippen molar-refractivity contribution in [1.82, 2.24) is 4.90 Å². The zero-order chi connectivity index (χ0) is 14.8. The van der Waals surface area contributed by atoms with Gasteiger partial charge in [-0.3, -0.25) is 9.69 Å². The van der Waals surface area contributed by atoms with Crippen LogP contribution in [0.15, 0.2) is 18.2 Å². The monoisotopic (exact) mass is 277 g/mol. The maximum absolute atomic E-state index is 13.4. The number of hydrogen-bond donors (Lipinski definition) is 0. The molecule has 2 nitrogen and oxygen atoms in total. The fraction of sp³-hybridized carbons (Fsp3) is 0.588. The van der Waals surface area contributed by atoms with E-state index >= 15 is 0 Å². The highest BCUT2D eigenvalue weighted by Crippen LogP contribution is 2.38. The largest absolute Gasteiger partial charge is 0.292 e. The molecular formula is C17H24FNO. The molecule has 20 heavy (non-hydrogen) atoms. The normalized spacial score (nSPS) is 17.6. The van der Waals surface area contributed by atoms with Crippen molar-refractivity contribution < 1.29 is 9.18 Å². The van der Waals surface area contributed by atoms with Gasteiger partial charge in [-0.2, -0.15) is 0 Å². The molecule has 110 valence electrons. The molecule has 1 aromatic carbocycles. The minimum atomic E-state index is -0.367. The summed E-state index contributed by atoms with van der Waals surface area (Å²) in [5, 5.41) is 0. The number of aryl methyl sites for hydroxylation is 1. The number of carbonyl (C=O) groups is 1. The van der Waals surface area contributed by atoms with Crippen molar-refractivity contribution in [3.63, 3.8) is 0 Å². The summed E-state index contributed by atoms with van der Waals surface area (Å²) in [5.41, 5.74) is 0.828. The third kappa shape index (κ3) is 2.51. The number of halogens is 1. The first-order valence-corrected chi connectivity index (χ1v) is 7.61. The zero-order valence-corrected chi connectivity index (χ0v) is 12.7. The number of likely N-dealkylation sites (N-methyl/N-ethyl adjacent to an activating group) is 1. The Bertz CT molecular complexity index is 488. The van der Waals surface area contributed by atoms with Crippen LogP contribution in [0.25, 0.3) is 0 Å². The molecule has 0 N–H and O–H groups in total. The Kier molecular flexibility index (Phi) is 4.59. The van der Waals surface area contributed by atoms with Crippen LogP contribution < -0.4 is 0 Å². The molecule has 0 saturated heterocycles. The van der Waals surface area contributed by atoms with E-state index in [9.17, 15) is 9.18 Å². The van der Waals surface area contributed by atoms with Crippen LogP contribution in [0.4, 0.5) is 4.39 Å². The van der Waals surface area contributed by atoms with E-state index in [0.717, 1.165) is 38.8 Å². The molecule has 0 bridgehead atoms. The van der Waals surface area contributed by atoms with Gasteiger partial charge in [0, 0.05) is 5.56 Å². The van der Waals surface area contributed by atoms with Crippen molar-refractivity contribution in [3.05, 3.63) is 35.1 Å². The van der Waals surface area contributed by atoms with E-state index in [1.165, 1.54) is 6.07 Å². The number of ketones is 1. The van der Waals surface area contributed by atoms with Gasteiger partial charge in [0.2, 0.25) is 0 Å². The molecule has 0 spiro atoms. The van der Waals surface area contributed by atoms with E-state index in [-0.39, 0.29) is 17.1 Å². The van der Waals surface area contributed by atoms with Crippen molar-refractivity contribution >= 4 is 5.78 Å².